The summed E-state index contributed by atoms with van der Waals surface area (Å²) in [5.74, 6) is -0.915. The number of nitrogens with one attached hydrogen (secondary N) is 2. The molecule has 0 saturated carbocycles. The Morgan fingerprint density at radius 1 is 1.68 bits per heavy atom. The predicted molar refractivity (Wildman–Crippen MR) is 62.4 cm³/mol. The minimum Gasteiger partial charge on any atom is -0.362 e. The summed E-state index contributed by atoms with van der Waals surface area (Å²) < 4.78 is 6.33. The molecule has 1 amide bonds. The molecule has 10 nitrogen and oxygen atoms in total. The second kappa shape index (κ2) is 5.27. The van der Waals surface area contributed by atoms with E-state index in [2.05, 4.69) is 20.6 Å². The van der Waals surface area contributed by atoms with Crippen molar-refractivity contribution >= 4 is 17.4 Å². The molecule has 0 spiro atoms. The molecule has 0 aliphatic carbocycles. The molecule has 0 fully saturated rings. The summed E-state index contributed by atoms with van der Waals surface area (Å²) in [6.07, 6.45) is 2.99. The van der Waals surface area contributed by atoms with Crippen LogP contribution in [0, 0.1) is 10.1 Å². The van der Waals surface area contributed by atoms with Crippen molar-refractivity contribution in [2.45, 2.75) is 6.73 Å². The van der Waals surface area contributed by atoms with Gasteiger partial charge < -0.3 is 20.2 Å². The zero-order valence-corrected chi connectivity index (χ0v) is 9.86. The van der Waals surface area contributed by atoms with Crippen molar-refractivity contribution in [3.05, 3.63) is 34.3 Å². The Kier molecular flexibility index (Phi) is 3.52. The lowest BCUT2D eigenvalue weighted by Crippen LogP contribution is -2.11. The maximum absolute atomic E-state index is 11.7. The Morgan fingerprint density at radius 3 is 3.11 bits per heavy atom. The van der Waals surface area contributed by atoms with Crippen molar-refractivity contribution in [2.24, 2.45) is 0 Å². The molecule has 2 rings (SSSR count). The average Bonchev–Trinajstić information content (AvgIpc) is 2.98. The molecule has 2 N–H and O–H groups in total. The fraction of sp³-hybridized carbons (Fsp3) is 0.222. The highest BCUT2D eigenvalue weighted by atomic mass is 16.6. The van der Waals surface area contributed by atoms with E-state index in [9.17, 15) is 14.9 Å². The maximum atomic E-state index is 11.7. The van der Waals surface area contributed by atoms with E-state index in [1.165, 1.54) is 18.0 Å². The van der Waals surface area contributed by atoms with Crippen LogP contribution in [0.25, 0.3) is 0 Å². The van der Waals surface area contributed by atoms with Gasteiger partial charge in [0.05, 0.1) is 24.1 Å². The first-order valence-corrected chi connectivity index (χ1v) is 5.12. The maximum Gasteiger partial charge on any atom is 0.343 e. The van der Waals surface area contributed by atoms with Gasteiger partial charge in [0.25, 0.3) is 5.91 Å². The van der Waals surface area contributed by atoms with E-state index in [-0.39, 0.29) is 18.2 Å². The van der Waals surface area contributed by atoms with Gasteiger partial charge in [-0.2, -0.15) is 5.10 Å². The van der Waals surface area contributed by atoms with Gasteiger partial charge in [0, 0.05) is 7.11 Å². The van der Waals surface area contributed by atoms with Crippen LogP contribution in [-0.4, -0.2) is 37.9 Å². The van der Waals surface area contributed by atoms with Crippen molar-refractivity contribution in [3.63, 3.8) is 0 Å². The number of rotatable bonds is 5. The number of amides is 1. The lowest BCUT2D eigenvalue weighted by atomic mass is 10.4. The quantitative estimate of drug-likeness (QED) is 0.594. The zero-order chi connectivity index (χ0) is 13.8. The normalized spacial score (nSPS) is 10.4. The van der Waals surface area contributed by atoms with Crippen LogP contribution in [0.1, 0.15) is 10.5 Å². The van der Waals surface area contributed by atoms with Crippen LogP contribution in [0.5, 0.6) is 0 Å². The van der Waals surface area contributed by atoms with E-state index in [1.54, 1.807) is 6.20 Å². The van der Waals surface area contributed by atoms with Gasteiger partial charge in [0.1, 0.15) is 6.73 Å². The number of hydrogen-bond acceptors (Lipinski definition) is 6. The monoisotopic (exact) mass is 266 g/mol. The van der Waals surface area contributed by atoms with Crippen LogP contribution in [0.15, 0.2) is 18.5 Å². The van der Waals surface area contributed by atoms with Crippen molar-refractivity contribution in [1.82, 2.24) is 20.0 Å². The Balaban J connectivity index is 2.04. The van der Waals surface area contributed by atoms with Crippen molar-refractivity contribution in [1.29, 1.82) is 0 Å². The largest absolute Gasteiger partial charge is 0.362 e. The molecular formula is C9H10N6O4. The second-order valence-corrected chi connectivity index (χ2v) is 3.54. The summed E-state index contributed by atoms with van der Waals surface area (Å²) in [7, 11) is 1.52. The SMILES string of the molecule is COCn1cc(NC(=O)c2cc([N+](=O)[O-])[nH]n2)cn1. The molecule has 0 saturated heterocycles. The Bertz CT molecular complexity index is 603. The smallest absolute Gasteiger partial charge is 0.343 e. The summed E-state index contributed by atoms with van der Waals surface area (Å²) in [6, 6.07) is 1.05. The topological polar surface area (TPSA) is 128 Å². The zero-order valence-electron chi connectivity index (χ0n) is 9.86. The van der Waals surface area contributed by atoms with Crippen molar-refractivity contribution in [3.8, 4) is 0 Å². The van der Waals surface area contributed by atoms with E-state index in [0.29, 0.717) is 5.69 Å². The first-order valence-electron chi connectivity index (χ1n) is 5.12. The van der Waals surface area contributed by atoms with Gasteiger partial charge in [0.15, 0.2) is 5.69 Å². The molecule has 0 atom stereocenters. The number of aromatic nitrogens is 4. The molecule has 100 valence electrons. The number of hydrogen-bond donors (Lipinski definition) is 2. The summed E-state index contributed by atoms with van der Waals surface area (Å²) >= 11 is 0. The van der Waals surface area contributed by atoms with E-state index in [0.717, 1.165) is 6.07 Å². The lowest BCUT2D eigenvalue weighted by Gasteiger charge is -1.98. The highest BCUT2D eigenvalue weighted by Gasteiger charge is 2.16. The highest BCUT2D eigenvalue weighted by molar-refractivity contribution is 6.02. The van der Waals surface area contributed by atoms with Gasteiger partial charge in [-0.1, -0.05) is 5.10 Å². The first-order chi connectivity index (χ1) is 9.10. The predicted octanol–water partition coefficient (Wildman–Crippen LogP) is 0.371. The number of ether oxygens (including phenoxy) is 1. The van der Waals surface area contributed by atoms with Crippen LogP contribution >= 0.6 is 0 Å². The minimum absolute atomic E-state index is 0.0776. The summed E-state index contributed by atoms with van der Waals surface area (Å²) in [6.45, 7) is 0.254. The van der Waals surface area contributed by atoms with Gasteiger partial charge in [-0.15, -0.1) is 5.10 Å². The Hall–Kier alpha value is -2.75. The molecule has 0 aromatic carbocycles. The average molecular weight is 266 g/mol. The fourth-order valence-corrected chi connectivity index (χ4v) is 1.35. The number of anilines is 1. The number of nitrogens with zero attached hydrogens (tertiary/aromatic N) is 4. The number of nitro groups is 1. The second-order valence-electron chi connectivity index (χ2n) is 3.54. The number of H-pyrrole nitrogens is 1. The van der Waals surface area contributed by atoms with Gasteiger partial charge in [0.2, 0.25) is 0 Å². The standard InChI is InChI=1S/C9H10N6O4/c1-19-5-14-4-6(3-10-14)11-9(16)7-2-8(13-12-7)15(17)18/h2-4H,5H2,1H3,(H,11,16)(H,12,13). The molecule has 2 aromatic rings. The third-order valence-corrected chi connectivity index (χ3v) is 2.15. The van der Waals surface area contributed by atoms with E-state index >= 15 is 0 Å². The molecule has 0 aliphatic rings. The number of aromatic amines is 1. The summed E-state index contributed by atoms with van der Waals surface area (Å²) in [5, 5.41) is 22.6. The first kappa shape index (κ1) is 12.7. The van der Waals surface area contributed by atoms with Gasteiger partial charge in [-0.05, 0) is 4.92 Å². The minimum atomic E-state index is -0.666. The molecule has 2 aromatic heterocycles. The summed E-state index contributed by atoms with van der Waals surface area (Å²) in [5.41, 5.74) is 0.360. The van der Waals surface area contributed by atoms with E-state index in [4.69, 9.17) is 4.74 Å². The van der Waals surface area contributed by atoms with Gasteiger partial charge >= 0.3 is 5.82 Å². The van der Waals surface area contributed by atoms with Crippen LogP contribution in [0.4, 0.5) is 11.5 Å². The fourth-order valence-electron chi connectivity index (χ4n) is 1.35. The Labute approximate surface area is 106 Å². The van der Waals surface area contributed by atoms with E-state index < -0.39 is 10.8 Å². The highest BCUT2D eigenvalue weighted by Crippen LogP contribution is 2.11. The molecule has 0 bridgehead atoms. The third kappa shape index (κ3) is 2.93. The van der Waals surface area contributed by atoms with Gasteiger partial charge in [-0.3, -0.25) is 4.79 Å². The molecule has 0 radical (unpaired) electrons. The van der Waals surface area contributed by atoms with Crippen molar-refractivity contribution < 1.29 is 14.5 Å². The molecule has 0 unspecified atom stereocenters. The molecule has 0 aliphatic heterocycles. The van der Waals surface area contributed by atoms with Crippen LogP contribution in [0.2, 0.25) is 0 Å². The third-order valence-electron chi connectivity index (χ3n) is 2.15. The molecule has 19 heavy (non-hydrogen) atoms. The van der Waals surface area contributed by atoms with Gasteiger partial charge in [-0.25, -0.2) is 4.68 Å². The number of carbonyl (C=O) groups is 1. The van der Waals surface area contributed by atoms with Crippen LogP contribution in [0.3, 0.4) is 0 Å². The van der Waals surface area contributed by atoms with Crippen LogP contribution < -0.4 is 5.32 Å². The van der Waals surface area contributed by atoms with Crippen molar-refractivity contribution in [2.75, 3.05) is 12.4 Å². The van der Waals surface area contributed by atoms with Crippen LogP contribution in [-0.2, 0) is 11.5 Å². The number of carbonyl (C=O) groups excluding carboxylic acids is 1. The summed E-state index contributed by atoms with van der Waals surface area (Å²) in [4.78, 5) is 21.5. The number of methoxy groups -OCH3 is 1. The Morgan fingerprint density at radius 2 is 2.47 bits per heavy atom. The lowest BCUT2D eigenvalue weighted by molar-refractivity contribution is -0.389. The molecular weight excluding hydrogens is 256 g/mol. The molecule has 10 heteroatoms. The van der Waals surface area contributed by atoms with E-state index in [1.807, 2.05) is 0 Å². The molecule has 2 heterocycles.